The fourth-order valence-corrected chi connectivity index (χ4v) is 8.66. The van der Waals surface area contributed by atoms with Crippen LogP contribution in [0.3, 0.4) is 0 Å². The lowest BCUT2D eigenvalue weighted by atomic mass is 10.0. The van der Waals surface area contributed by atoms with E-state index in [1.54, 1.807) is 0 Å². The molecule has 7 amide bonds. The van der Waals surface area contributed by atoms with Crippen LogP contribution in [0.2, 0.25) is 0 Å². The van der Waals surface area contributed by atoms with Crippen LogP contribution in [-0.2, 0) is 44.8 Å². The summed E-state index contributed by atoms with van der Waals surface area (Å²) >= 11 is 0. The predicted octanol–water partition coefficient (Wildman–Crippen LogP) is -3.20. The van der Waals surface area contributed by atoms with E-state index in [0.29, 0.717) is 50.9 Å². The highest BCUT2D eigenvalue weighted by Gasteiger charge is 2.43. The van der Waals surface area contributed by atoms with Gasteiger partial charge in [0.05, 0.1) is 18.5 Å². The van der Waals surface area contributed by atoms with E-state index in [0.717, 1.165) is 6.42 Å². The van der Waals surface area contributed by atoms with Gasteiger partial charge < -0.3 is 74.1 Å². The minimum absolute atomic E-state index is 0.0263. The van der Waals surface area contributed by atoms with Crippen molar-refractivity contribution in [2.75, 3.05) is 32.7 Å². The first-order valence-electron chi connectivity index (χ1n) is 23.4. The number of carboxylic acids is 1. The molecule has 9 atom stereocenters. The van der Waals surface area contributed by atoms with Crippen LogP contribution in [-0.4, -0.2) is 170 Å². The standard InChI is InChI=1S/C43H72N14O10/c1-24(2)20-30(53-39(63)33-14-9-19-57(33)41(65)34(25(3)58)55-35(59)27-11-6-16-48-27)37(61)51-28(10-4-5-15-44)36(60)54-31(21-26-22-47-23-50-26)40(64)56-18-8-13-32(56)38(62)52-29(42(66)67)12-7-17-49-43(45)46/h22-25,27-34,48,58H,4-21,44H2,1-3H3,(H,47,50)(H,51,61)(H,52,62)(H,53,63)(H,54,60)(H,55,59)(H,66,67)(H4,45,46,49). The summed E-state index contributed by atoms with van der Waals surface area (Å²) in [6.45, 7) is 6.55. The summed E-state index contributed by atoms with van der Waals surface area (Å²) in [6.07, 6.45) is 5.84. The third kappa shape index (κ3) is 16.2. The first-order chi connectivity index (χ1) is 31.9. The normalized spacial score (nSPS) is 20.8. The Hall–Kier alpha value is -5.88. The topological polar surface area (TPSA) is 375 Å². The van der Waals surface area contributed by atoms with Gasteiger partial charge >= 0.3 is 5.97 Å². The maximum atomic E-state index is 14.4. The number of nitrogens with zero attached hydrogens (tertiary/aromatic N) is 4. The van der Waals surface area contributed by atoms with Crippen molar-refractivity contribution in [2.45, 2.75) is 159 Å². The molecule has 0 aromatic carbocycles. The minimum Gasteiger partial charge on any atom is -0.480 e. The number of imidazole rings is 1. The number of aliphatic imine (C=N–C) groups is 1. The minimum atomic E-state index is -1.30. The van der Waals surface area contributed by atoms with Crippen molar-refractivity contribution in [1.29, 1.82) is 0 Å². The highest BCUT2D eigenvalue weighted by atomic mass is 16.4. The van der Waals surface area contributed by atoms with E-state index in [9.17, 15) is 48.6 Å². The second kappa shape index (κ2) is 26.5. The zero-order chi connectivity index (χ0) is 49.2. The van der Waals surface area contributed by atoms with Crippen LogP contribution in [0.25, 0.3) is 0 Å². The molecule has 3 aliphatic heterocycles. The maximum absolute atomic E-state index is 14.4. The smallest absolute Gasteiger partial charge is 0.326 e. The molecule has 1 aromatic rings. The van der Waals surface area contributed by atoms with Gasteiger partial charge in [-0.3, -0.25) is 38.6 Å². The van der Waals surface area contributed by atoms with Crippen LogP contribution in [0, 0.1) is 5.92 Å². The van der Waals surface area contributed by atoms with Crippen LogP contribution in [0.1, 0.15) is 104 Å². The fourth-order valence-electron chi connectivity index (χ4n) is 8.66. The predicted molar refractivity (Wildman–Crippen MR) is 244 cm³/mol. The number of nitrogens with one attached hydrogen (secondary N) is 7. The van der Waals surface area contributed by atoms with Gasteiger partial charge in [-0.05, 0) is 103 Å². The Kier molecular flexibility index (Phi) is 21.2. The van der Waals surface area contributed by atoms with E-state index in [-0.39, 0.29) is 76.5 Å². The van der Waals surface area contributed by atoms with Crippen molar-refractivity contribution >= 4 is 53.3 Å². The number of aliphatic hydroxyl groups excluding tert-OH is 1. The molecule has 0 bridgehead atoms. The van der Waals surface area contributed by atoms with Gasteiger partial charge in [0.15, 0.2) is 5.96 Å². The van der Waals surface area contributed by atoms with Crippen molar-refractivity contribution in [3.8, 4) is 0 Å². The largest absolute Gasteiger partial charge is 0.480 e. The molecule has 0 radical (unpaired) electrons. The number of amides is 7. The summed E-state index contributed by atoms with van der Waals surface area (Å²) < 4.78 is 0. The molecular weight excluding hydrogens is 873 g/mol. The molecule has 15 N–H and O–H groups in total. The zero-order valence-electron chi connectivity index (χ0n) is 38.8. The van der Waals surface area contributed by atoms with E-state index < -0.39 is 102 Å². The van der Waals surface area contributed by atoms with Crippen molar-refractivity contribution < 1.29 is 48.6 Å². The van der Waals surface area contributed by atoms with Crippen LogP contribution >= 0.6 is 0 Å². The number of aromatic amines is 1. The summed E-state index contributed by atoms with van der Waals surface area (Å²) in [5.41, 5.74) is 17.0. The highest BCUT2D eigenvalue weighted by molar-refractivity contribution is 5.98. The number of aromatic nitrogens is 2. The molecule has 3 aliphatic rings. The number of aliphatic hydroxyl groups is 1. The van der Waals surface area contributed by atoms with E-state index in [1.807, 2.05) is 13.8 Å². The number of hydrogen-bond acceptors (Lipinski definition) is 13. The number of unbranched alkanes of at least 4 members (excludes halogenated alkanes) is 1. The number of H-pyrrole nitrogens is 1. The number of aliphatic carboxylic acids is 1. The second-order valence-electron chi connectivity index (χ2n) is 18.0. The van der Waals surface area contributed by atoms with E-state index in [4.69, 9.17) is 17.2 Å². The van der Waals surface area contributed by atoms with Gasteiger partial charge in [-0.2, -0.15) is 0 Å². The van der Waals surface area contributed by atoms with Crippen LogP contribution in [0.5, 0.6) is 0 Å². The Bertz CT molecular complexity index is 1870. The molecule has 4 rings (SSSR count). The number of carbonyl (C=O) groups excluding carboxylic acids is 7. The average Bonchev–Trinajstić information content (AvgIpc) is 4.13. The van der Waals surface area contributed by atoms with Crippen molar-refractivity contribution in [3.05, 3.63) is 18.2 Å². The lowest BCUT2D eigenvalue weighted by Gasteiger charge is -2.32. The molecular formula is C43H72N14O10. The summed E-state index contributed by atoms with van der Waals surface area (Å²) in [5.74, 6) is -5.86. The molecule has 374 valence electrons. The number of guanidine groups is 1. The Labute approximate surface area is 390 Å². The SMILES string of the molecule is CC(C)CC(NC(=O)C1CCCN1C(=O)C(NC(=O)C1CCCN1)C(C)O)C(=O)NC(CCCCN)C(=O)NC(Cc1cnc[nH]1)C(=O)N1CCCC1C(=O)NC(CCCN=C(N)N)C(=O)O. The number of carbonyl (C=O) groups is 8. The van der Waals surface area contributed by atoms with Gasteiger partial charge in [0, 0.05) is 37.9 Å². The summed E-state index contributed by atoms with van der Waals surface area (Å²) in [5, 5.41) is 37.0. The van der Waals surface area contributed by atoms with Gasteiger partial charge in [-0.15, -0.1) is 0 Å². The Balaban J connectivity index is 1.50. The van der Waals surface area contributed by atoms with Gasteiger partial charge in [0.1, 0.15) is 42.3 Å². The van der Waals surface area contributed by atoms with Crippen LogP contribution in [0.15, 0.2) is 17.5 Å². The molecule has 67 heavy (non-hydrogen) atoms. The third-order valence-electron chi connectivity index (χ3n) is 12.2. The molecule has 0 spiro atoms. The summed E-state index contributed by atoms with van der Waals surface area (Å²) in [4.78, 5) is 123. The quantitative estimate of drug-likeness (QED) is 0.0247. The Morgan fingerprint density at radius 1 is 0.776 bits per heavy atom. The summed E-state index contributed by atoms with van der Waals surface area (Å²) in [6, 6.07) is -8.72. The number of carboxylic acid groups (broad SMARTS) is 1. The number of rotatable bonds is 26. The molecule has 0 aliphatic carbocycles. The first-order valence-corrected chi connectivity index (χ1v) is 23.4. The van der Waals surface area contributed by atoms with E-state index in [1.165, 1.54) is 29.2 Å². The lowest BCUT2D eigenvalue weighted by Crippen LogP contribution is -2.61. The lowest BCUT2D eigenvalue weighted by molar-refractivity contribution is -0.145. The third-order valence-corrected chi connectivity index (χ3v) is 12.2. The molecule has 3 saturated heterocycles. The Morgan fingerprint density at radius 3 is 1.94 bits per heavy atom. The monoisotopic (exact) mass is 945 g/mol. The van der Waals surface area contributed by atoms with Crippen LogP contribution < -0.4 is 49.1 Å². The fraction of sp³-hybridized carbons (Fsp3) is 0.721. The molecule has 24 heteroatoms. The molecule has 24 nitrogen and oxygen atoms in total. The highest BCUT2D eigenvalue weighted by Crippen LogP contribution is 2.22. The van der Waals surface area contributed by atoms with Gasteiger partial charge in [0.2, 0.25) is 41.4 Å². The van der Waals surface area contributed by atoms with Gasteiger partial charge in [-0.25, -0.2) is 9.78 Å². The average molecular weight is 945 g/mol. The van der Waals surface area contributed by atoms with E-state index >= 15 is 0 Å². The molecule has 1 aromatic heterocycles. The molecule has 9 unspecified atom stereocenters. The van der Waals surface area contributed by atoms with Crippen LogP contribution in [0.4, 0.5) is 0 Å². The maximum Gasteiger partial charge on any atom is 0.326 e. The number of likely N-dealkylation sites (tertiary alicyclic amines) is 2. The second-order valence-corrected chi connectivity index (χ2v) is 18.0. The van der Waals surface area contributed by atoms with Gasteiger partial charge in [-0.1, -0.05) is 13.8 Å². The molecule has 4 heterocycles. The molecule has 3 fully saturated rings. The number of nitrogens with two attached hydrogens (primary N) is 3. The zero-order valence-corrected chi connectivity index (χ0v) is 38.8. The van der Waals surface area contributed by atoms with Crippen molar-refractivity contribution in [1.82, 2.24) is 51.7 Å². The molecule has 0 saturated carbocycles. The van der Waals surface area contributed by atoms with Crippen molar-refractivity contribution in [3.63, 3.8) is 0 Å². The summed E-state index contributed by atoms with van der Waals surface area (Å²) in [7, 11) is 0. The Morgan fingerprint density at radius 2 is 1.39 bits per heavy atom. The number of hydrogen-bond donors (Lipinski definition) is 12. The van der Waals surface area contributed by atoms with E-state index in [2.05, 4.69) is 46.9 Å². The van der Waals surface area contributed by atoms with Crippen molar-refractivity contribution in [2.24, 2.45) is 28.1 Å². The first kappa shape index (κ1) is 53.7. The van der Waals surface area contributed by atoms with Gasteiger partial charge in [0.25, 0.3) is 0 Å².